The van der Waals surface area contributed by atoms with Crippen LogP contribution in [0, 0.1) is 0 Å². The fourth-order valence-corrected chi connectivity index (χ4v) is 0. The quantitative estimate of drug-likeness (QED) is 0.407. The zero-order valence-electron chi connectivity index (χ0n) is 2.25. The van der Waals surface area contributed by atoms with Gasteiger partial charge >= 0.3 is 0 Å². The third-order valence-electron chi connectivity index (χ3n) is 0. The molecule has 0 fully saturated rings. The van der Waals surface area contributed by atoms with Gasteiger partial charge in [0.25, 0.3) is 0 Å². The van der Waals surface area contributed by atoms with Gasteiger partial charge in [-0.2, -0.15) is 0 Å². The van der Waals surface area contributed by atoms with Gasteiger partial charge in [0.05, 0.1) is 0 Å². The molecule has 0 saturated carbocycles. The average Bonchev–Trinajstić information content (AvgIpc) is 1.00. The fourth-order valence-electron chi connectivity index (χ4n) is 0. The molecule has 5 heavy (non-hydrogen) atoms. The minimum atomic E-state index is 0. The highest BCUT2D eigenvalue weighted by Crippen LogP contribution is 0.423. The molecule has 0 heterocycles. The number of rotatable bonds is 0. The molecule has 0 aliphatic carbocycles. The third-order valence-corrected chi connectivity index (χ3v) is 0. The molecule has 3 N–H and O–H groups in total. The van der Waals surface area contributed by atoms with Crippen LogP contribution >= 0.6 is 0 Å². The van der Waals surface area contributed by atoms with E-state index in [4.69, 9.17) is 5.21 Å². The largest absolute Gasteiger partial charge is 0.320 e. The molecule has 0 atom stereocenters. The number of hydrogen-bond donors (Lipinski definition) is 2. The third kappa shape index (κ3) is 129. The Morgan fingerprint density at radius 3 is 0.800 bits per heavy atom. The minimum Gasteiger partial charge on any atom is -0.320 e. The van der Waals surface area contributed by atoms with Crippen molar-refractivity contribution in [1.29, 1.82) is 0 Å². The molecule has 0 unspecified atom stereocenters. The summed E-state index contributed by atoms with van der Waals surface area (Å²) >= 11 is 0. The first-order valence-electron chi connectivity index (χ1n) is 0.258. The Kier molecular flexibility index (Phi) is 8330. The highest BCUT2D eigenvalue weighted by atomic mass is 19.0. The smallest absolute Gasteiger partial charge is 0.219 e. The van der Waals surface area contributed by atoms with Crippen LogP contribution in [-0.2, 0) is 0 Å². The zero-order chi connectivity index (χ0) is 2.00. The molecule has 0 spiro atoms. The summed E-state index contributed by atoms with van der Waals surface area (Å²) in [5.41, 5.74) is 0. The Labute approximate surface area is 26.6 Å². The van der Waals surface area contributed by atoms with Crippen LogP contribution in [0.15, 0.2) is 0 Å². The predicted octanol–water partition coefficient (Wildman–Crippen LogP) is -0.208. The van der Waals surface area contributed by atoms with Crippen LogP contribution in [0.3, 0.4) is 0 Å². The van der Waals surface area contributed by atoms with Crippen LogP contribution in [-0.4, -0.2) is 5.21 Å². The molecule has 0 aromatic heterocycles. The van der Waals surface area contributed by atoms with E-state index < -0.39 is 0 Å². The molecular formula is H6F3NO. The van der Waals surface area contributed by atoms with Crippen molar-refractivity contribution in [3.8, 4) is 0 Å². The Morgan fingerprint density at radius 2 is 0.800 bits per heavy atom. The molecule has 0 aromatic rings. The van der Waals surface area contributed by atoms with E-state index in [0.717, 1.165) is 0 Å². The molecule has 0 aliphatic rings. The normalized spacial score (nSPS) is 1.20. The Morgan fingerprint density at radius 1 is 0.800 bits per heavy atom. The summed E-state index contributed by atoms with van der Waals surface area (Å²) in [6.07, 6.45) is 0. The van der Waals surface area contributed by atoms with Crippen molar-refractivity contribution >= 4 is 0 Å². The van der Waals surface area contributed by atoms with Crippen molar-refractivity contribution in [1.82, 2.24) is 0 Å². The molecule has 0 bridgehead atoms. The summed E-state index contributed by atoms with van der Waals surface area (Å²) in [6.45, 7) is 0. The lowest BCUT2D eigenvalue weighted by molar-refractivity contribution is 0.311. The fraction of sp³-hybridized carbons (Fsp3) is 0. The molecule has 0 saturated heterocycles. The molecule has 0 aliphatic heterocycles. The van der Waals surface area contributed by atoms with Crippen LogP contribution in [0.1, 0.15) is 0 Å². The van der Waals surface area contributed by atoms with E-state index in [-0.39, 0.29) is 14.1 Å². The highest BCUT2D eigenvalue weighted by molar-refractivity contribution is 2.77. The maximum atomic E-state index is 6.50. The molecule has 0 radical (unpaired) electrons. The van der Waals surface area contributed by atoms with Gasteiger partial charge in [0.1, 0.15) is 0 Å². The summed E-state index contributed by atoms with van der Waals surface area (Å²) in [5, 5.41) is 6.50. The van der Waals surface area contributed by atoms with Crippen molar-refractivity contribution in [2.75, 3.05) is 0 Å². The first-order valence-corrected chi connectivity index (χ1v) is 0.258. The van der Waals surface area contributed by atoms with E-state index in [1.807, 2.05) is 0 Å². The maximum Gasteiger partial charge on any atom is -0.219 e. The SMILES string of the molecule is F.F.F.NO. The molecule has 0 aromatic carbocycles. The van der Waals surface area contributed by atoms with Crippen LogP contribution in [0.4, 0.5) is 14.1 Å². The van der Waals surface area contributed by atoms with Crippen molar-refractivity contribution in [3.63, 3.8) is 0 Å². The standard InChI is InChI=1S/3FH.H3NO/c;;;1-2/h3*1H;2H,1H2. The second-order valence-corrected chi connectivity index (χ2v) is 0. The first kappa shape index (κ1) is 129. The van der Waals surface area contributed by atoms with Crippen molar-refractivity contribution in [3.05, 3.63) is 0 Å². The molecule has 38 valence electrons. The van der Waals surface area contributed by atoms with E-state index in [0.29, 0.717) is 0 Å². The van der Waals surface area contributed by atoms with Gasteiger partial charge in [0, 0.05) is 0 Å². The Bertz CT molecular complexity index is 6.85. The van der Waals surface area contributed by atoms with Crippen molar-refractivity contribution in [2.24, 2.45) is 5.90 Å². The Hall–Kier alpha value is -0.290. The average molecular weight is 93.0 g/mol. The maximum absolute atomic E-state index is 6.50. The van der Waals surface area contributed by atoms with E-state index in [2.05, 4.69) is 5.90 Å². The second kappa shape index (κ2) is 324. The summed E-state index contributed by atoms with van der Waals surface area (Å²) < 4.78 is 0. The van der Waals surface area contributed by atoms with E-state index in [1.165, 1.54) is 0 Å². The van der Waals surface area contributed by atoms with Gasteiger partial charge < -0.3 is 5.21 Å². The summed E-state index contributed by atoms with van der Waals surface area (Å²) in [4.78, 5) is 0. The molecule has 2 nitrogen and oxygen atoms in total. The summed E-state index contributed by atoms with van der Waals surface area (Å²) in [7, 11) is 0. The molecule has 0 amide bonds. The van der Waals surface area contributed by atoms with Gasteiger partial charge in [-0.15, -0.1) is 0 Å². The monoisotopic (exact) mass is 93.0 g/mol. The van der Waals surface area contributed by atoms with E-state index in [9.17, 15) is 0 Å². The number of nitrogens with two attached hydrogens (primary N) is 1. The lowest BCUT2D eigenvalue weighted by atomic mass is 13.6. The van der Waals surface area contributed by atoms with Crippen LogP contribution in [0.5, 0.6) is 0 Å². The highest BCUT2D eigenvalue weighted by Gasteiger charge is 0.732. The van der Waals surface area contributed by atoms with Gasteiger partial charge in [-0.05, 0) is 0 Å². The van der Waals surface area contributed by atoms with E-state index >= 15 is 0 Å². The van der Waals surface area contributed by atoms with Gasteiger partial charge in [-0.25, -0.2) is 5.90 Å². The number of halogens is 3. The van der Waals surface area contributed by atoms with Gasteiger partial charge in [-0.3, -0.25) is 14.1 Å². The first-order chi connectivity index (χ1) is 1.00. The molecule has 0 rings (SSSR count). The zero-order valence-corrected chi connectivity index (χ0v) is 2.25. The van der Waals surface area contributed by atoms with Gasteiger partial charge in [-0.1, -0.05) is 0 Å². The summed E-state index contributed by atoms with van der Waals surface area (Å²) in [6, 6.07) is 0. The van der Waals surface area contributed by atoms with Crippen LogP contribution < -0.4 is 5.90 Å². The lowest BCUT2D eigenvalue weighted by Gasteiger charge is -1.27. The lowest BCUT2D eigenvalue weighted by Crippen LogP contribution is -1.72. The van der Waals surface area contributed by atoms with Gasteiger partial charge in [0.15, 0.2) is 0 Å². The predicted molar refractivity (Wildman–Crippen MR) is 13.5 cm³/mol. The molecular weight excluding hydrogens is 87.0 g/mol. The number of hydrogen-bond acceptors (Lipinski definition) is 2. The summed E-state index contributed by atoms with van der Waals surface area (Å²) in [5.74, 6) is 3.50. The molecule has 5 heteroatoms. The Balaban J connectivity index is -0.00000000167. The van der Waals surface area contributed by atoms with Crippen molar-refractivity contribution < 1.29 is 19.3 Å². The van der Waals surface area contributed by atoms with Gasteiger partial charge in [0.2, 0.25) is 0 Å². The second-order valence-electron chi connectivity index (χ2n) is 0. The van der Waals surface area contributed by atoms with Crippen LogP contribution in [0.2, 0.25) is 0 Å². The minimum absolute atomic E-state index is 0. The van der Waals surface area contributed by atoms with E-state index in [1.54, 1.807) is 0 Å². The van der Waals surface area contributed by atoms with Crippen molar-refractivity contribution in [2.45, 2.75) is 0 Å². The topological polar surface area (TPSA) is 46.2 Å². The van der Waals surface area contributed by atoms with Crippen LogP contribution in [0.25, 0.3) is 0 Å².